The molecule has 2 bridgehead atoms. The normalized spacial score (nSPS) is 23.0. The number of ether oxygens (including phenoxy) is 5. The fraction of sp³-hybridized carbons (Fsp3) is 0.359. The van der Waals surface area contributed by atoms with Gasteiger partial charge < -0.3 is 34.1 Å². The van der Waals surface area contributed by atoms with Crippen LogP contribution in [0.25, 0.3) is 6.08 Å². The van der Waals surface area contributed by atoms with Crippen LogP contribution < -0.4 is 24.3 Å². The van der Waals surface area contributed by atoms with Crippen molar-refractivity contribution < 1.29 is 38.4 Å². The van der Waals surface area contributed by atoms with Crippen LogP contribution in [0.2, 0.25) is 0 Å². The first kappa shape index (κ1) is 34.0. The number of rotatable bonds is 8. The molecule has 1 saturated heterocycles. The van der Waals surface area contributed by atoms with Crippen LogP contribution >= 0.6 is 0 Å². The van der Waals surface area contributed by atoms with E-state index in [1.807, 2.05) is 50.4 Å². The minimum absolute atomic E-state index is 0.0401. The van der Waals surface area contributed by atoms with Gasteiger partial charge in [-0.2, -0.15) is 5.26 Å². The molecule has 12 nitrogen and oxygen atoms in total. The Hall–Kier alpha value is -5.51. The number of likely N-dealkylation sites (N-methyl/N-ethyl adjacent to an activating group) is 1. The van der Waals surface area contributed by atoms with Crippen molar-refractivity contribution in [3.8, 4) is 34.8 Å². The highest BCUT2D eigenvalue weighted by Gasteiger charge is 2.57. The molecule has 0 spiro atoms. The highest BCUT2D eigenvalue weighted by molar-refractivity contribution is 5.91. The van der Waals surface area contributed by atoms with Crippen LogP contribution in [0.15, 0.2) is 55.1 Å². The number of phenolic OH excluding ortho intramolecular Hbond substituents is 1. The third-order valence-electron chi connectivity index (χ3n) is 10.5. The minimum Gasteiger partial charge on any atom is -0.504 e. The number of piperazine rings is 1. The van der Waals surface area contributed by atoms with Crippen molar-refractivity contribution in [3.63, 3.8) is 0 Å². The molecule has 3 aromatic carbocycles. The van der Waals surface area contributed by atoms with Crippen LogP contribution in [0.1, 0.15) is 51.0 Å². The third-order valence-corrected chi connectivity index (χ3v) is 10.5. The van der Waals surface area contributed by atoms with Crippen LogP contribution in [0, 0.1) is 25.2 Å². The molecule has 0 aromatic heterocycles. The summed E-state index contributed by atoms with van der Waals surface area (Å²) < 4.78 is 28.9. The Bertz CT molecular complexity index is 1970. The number of methoxy groups -OCH3 is 1. The van der Waals surface area contributed by atoms with Crippen molar-refractivity contribution in [2.45, 2.75) is 56.9 Å². The summed E-state index contributed by atoms with van der Waals surface area (Å²) in [5.74, 6) is 1.31. The Morgan fingerprint density at radius 2 is 1.88 bits per heavy atom. The molecule has 3 aromatic rings. The molecule has 4 heterocycles. The van der Waals surface area contributed by atoms with Gasteiger partial charge >= 0.3 is 6.16 Å². The van der Waals surface area contributed by atoms with E-state index < -0.39 is 30.3 Å². The lowest BCUT2D eigenvalue weighted by Crippen LogP contribution is -2.68. The highest BCUT2D eigenvalue weighted by Crippen LogP contribution is 2.58. The van der Waals surface area contributed by atoms with Gasteiger partial charge in [-0.15, -0.1) is 0 Å². The zero-order valence-electron chi connectivity index (χ0n) is 29.0. The van der Waals surface area contributed by atoms with Gasteiger partial charge in [0.05, 0.1) is 25.3 Å². The summed E-state index contributed by atoms with van der Waals surface area (Å²) in [5, 5.41) is 25.7. The molecular weight excluding hydrogens is 652 g/mol. The van der Waals surface area contributed by atoms with Crippen LogP contribution in [-0.2, 0) is 22.4 Å². The van der Waals surface area contributed by atoms with Gasteiger partial charge in [0.15, 0.2) is 23.0 Å². The van der Waals surface area contributed by atoms with Gasteiger partial charge in [-0.3, -0.25) is 14.6 Å². The van der Waals surface area contributed by atoms with E-state index in [9.17, 15) is 20.0 Å². The second-order valence-corrected chi connectivity index (χ2v) is 13.2. The second kappa shape index (κ2) is 13.7. The SMILES string of the molecule is C=CCOC(=O)Oc1c(C)c2c(c3c1CC1[C@@H]4c5c(cc(C)c(OC)c5O)C[C@H]([C@H](C#N)N1[C@H]3CNC(=O)/C=C/c1ccccc1)N4C)OCO2. The Kier molecular flexibility index (Phi) is 9.10. The number of nitrogens with one attached hydrogen (secondary N) is 1. The number of aryl methyl sites for hydroxylation is 1. The molecule has 1 amide bonds. The second-order valence-electron chi connectivity index (χ2n) is 13.2. The molecule has 4 aliphatic heterocycles. The Labute approximate surface area is 296 Å². The largest absolute Gasteiger partial charge is 0.514 e. The molecule has 7 rings (SSSR count). The molecule has 5 atom stereocenters. The quantitative estimate of drug-likeness (QED) is 0.142. The molecular formula is C39H40N4O8. The predicted octanol–water partition coefficient (Wildman–Crippen LogP) is 5.05. The summed E-state index contributed by atoms with van der Waals surface area (Å²) >= 11 is 0. The van der Waals surface area contributed by atoms with E-state index >= 15 is 0 Å². The third kappa shape index (κ3) is 5.72. The number of aromatic hydroxyl groups is 1. The van der Waals surface area contributed by atoms with Crippen LogP contribution in [0.4, 0.5) is 4.79 Å². The summed E-state index contributed by atoms with van der Waals surface area (Å²) in [7, 11) is 3.51. The van der Waals surface area contributed by atoms with Crippen molar-refractivity contribution in [1.29, 1.82) is 5.26 Å². The van der Waals surface area contributed by atoms with Gasteiger partial charge in [-0.05, 0) is 56.5 Å². The number of benzene rings is 3. The number of amides is 1. The lowest BCUT2D eigenvalue weighted by molar-refractivity contribution is -0.117. The number of nitrogens with zero attached hydrogens (tertiary/aromatic N) is 3. The Balaban J connectivity index is 1.39. The zero-order chi connectivity index (χ0) is 36.0. The fourth-order valence-corrected chi connectivity index (χ4v) is 8.40. The van der Waals surface area contributed by atoms with Gasteiger partial charge in [-0.1, -0.05) is 49.1 Å². The molecule has 4 aliphatic rings. The predicted molar refractivity (Wildman–Crippen MR) is 187 cm³/mol. The number of phenols is 1. The van der Waals surface area contributed by atoms with Gasteiger partial charge in [0.25, 0.3) is 0 Å². The van der Waals surface area contributed by atoms with E-state index in [1.54, 1.807) is 13.0 Å². The molecule has 0 aliphatic carbocycles. The number of fused-ring (bicyclic) bond motifs is 9. The van der Waals surface area contributed by atoms with Crippen LogP contribution in [-0.4, -0.2) is 79.2 Å². The summed E-state index contributed by atoms with van der Waals surface area (Å²) in [6, 6.07) is 11.8. The maximum absolute atomic E-state index is 13.4. The summed E-state index contributed by atoms with van der Waals surface area (Å²) in [6.07, 6.45) is 4.58. The molecule has 1 fully saturated rings. The maximum Gasteiger partial charge on any atom is 0.514 e. The number of hydrogen-bond donors (Lipinski definition) is 2. The van der Waals surface area contributed by atoms with Crippen molar-refractivity contribution in [2.75, 3.05) is 34.1 Å². The summed E-state index contributed by atoms with van der Waals surface area (Å²) in [5.41, 5.74) is 5.25. The van der Waals surface area contributed by atoms with Crippen molar-refractivity contribution in [2.24, 2.45) is 0 Å². The Morgan fingerprint density at radius 1 is 1.12 bits per heavy atom. The molecule has 12 heteroatoms. The first-order valence-electron chi connectivity index (χ1n) is 16.9. The van der Waals surface area contributed by atoms with E-state index in [0.29, 0.717) is 46.8 Å². The average molecular weight is 693 g/mol. The number of carbonyl (C=O) groups excluding carboxylic acids is 2. The highest BCUT2D eigenvalue weighted by atomic mass is 16.7. The van der Waals surface area contributed by atoms with Crippen LogP contribution in [0.5, 0.6) is 28.7 Å². The van der Waals surface area contributed by atoms with Crippen LogP contribution in [0.3, 0.4) is 0 Å². The molecule has 1 unspecified atom stereocenters. The lowest BCUT2D eigenvalue weighted by Gasteiger charge is -2.60. The van der Waals surface area contributed by atoms with Crippen molar-refractivity contribution in [3.05, 3.63) is 94.1 Å². The van der Waals surface area contributed by atoms with Gasteiger partial charge in [0.2, 0.25) is 12.7 Å². The number of carbonyl (C=O) groups is 2. The molecule has 0 radical (unpaired) electrons. The Morgan fingerprint density at radius 3 is 2.61 bits per heavy atom. The molecule has 0 saturated carbocycles. The van der Waals surface area contributed by atoms with Crippen molar-refractivity contribution >= 4 is 18.1 Å². The average Bonchev–Trinajstić information content (AvgIpc) is 3.62. The molecule has 51 heavy (non-hydrogen) atoms. The van der Waals surface area contributed by atoms with Gasteiger partial charge in [0.1, 0.15) is 18.4 Å². The smallest absolute Gasteiger partial charge is 0.504 e. The fourth-order valence-electron chi connectivity index (χ4n) is 8.40. The summed E-state index contributed by atoms with van der Waals surface area (Å²) in [4.78, 5) is 30.6. The monoisotopic (exact) mass is 692 g/mol. The van der Waals surface area contributed by atoms with Crippen molar-refractivity contribution in [1.82, 2.24) is 15.1 Å². The van der Waals surface area contributed by atoms with E-state index in [1.165, 1.54) is 19.3 Å². The van der Waals surface area contributed by atoms with Gasteiger partial charge in [-0.25, -0.2) is 4.79 Å². The first-order chi connectivity index (χ1) is 24.7. The number of nitriles is 1. The zero-order valence-corrected chi connectivity index (χ0v) is 29.0. The standard InChI is InChI=1S/C39H40N4O8/c1-6-14-48-39(46)51-36-22(3)37-38(50-20-49-37)32-25(36)17-27-33-31-24(15-21(2)35(47-5)34(31)45)16-26(42(33)4)28(18-40)43(27)29(32)19-41-30(44)13-12-23-10-8-7-9-11-23/h6-13,15,26-29,33,45H,1,14,16-17,19-20H2,2-5H3,(H,41,44)/b13-12+/t26-,27?,28+,29+,33-/m1/s1. The lowest BCUT2D eigenvalue weighted by atomic mass is 9.71. The van der Waals surface area contributed by atoms with E-state index in [-0.39, 0.29) is 43.4 Å². The first-order valence-corrected chi connectivity index (χ1v) is 16.9. The topological polar surface area (TPSA) is 143 Å². The molecule has 2 N–H and O–H groups in total. The van der Waals surface area contributed by atoms with E-state index in [0.717, 1.165) is 22.3 Å². The van der Waals surface area contributed by atoms with E-state index in [4.69, 9.17) is 23.7 Å². The minimum atomic E-state index is -0.908. The van der Waals surface area contributed by atoms with E-state index in [2.05, 4.69) is 27.8 Å². The maximum atomic E-state index is 13.4. The van der Waals surface area contributed by atoms with Gasteiger partial charge in [0, 0.05) is 47.0 Å². The number of hydrogen-bond acceptors (Lipinski definition) is 11. The molecule has 264 valence electrons. The summed E-state index contributed by atoms with van der Waals surface area (Å²) in [6.45, 7) is 7.30.